The number of nitrogens with zero attached hydrogens (tertiary/aromatic N) is 4. The highest BCUT2D eigenvalue weighted by Gasteiger charge is 2.16. The molecule has 10 heteroatoms. The largest absolute Gasteiger partial charge is 0.482 e. The highest BCUT2D eigenvalue weighted by Crippen LogP contribution is 2.29. The number of ether oxygens (including phenoxy) is 1. The molecule has 0 aliphatic rings. The van der Waals surface area contributed by atoms with Crippen LogP contribution in [0.4, 0.5) is 5.69 Å². The van der Waals surface area contributed by atoms with E-state index in [-0.39, 0.29) is 23.6 Å². The second-order valence-corrected chi connectivity index (χ2v) is 8.37. The number of benzene rings is 3. The van der Waals surface area contributed by atoms with Crippen LogP contribution in [0.3, 0.4) is 0 Å². The Balaban J connectivity index is 1.64. The molecular formula is C23H16BrClN4O4. The zero-order chi connectivity index (χ0) is 23.5. The number of hydrogen-bond acceptors (Lipinski definition) is 6. The molecule has 33 heavy (non-hydrogen) atoms. The third kappa shape index (κ3) is 4.94. The van der Waals surface area contributed by atoms with E-state index in [9.17, 15) is 14.9 Å². The van der Waals surface area contributed by atoms with Crippen molar-refractivity contribution in [3.63, 3.8) is 0 Å². The Morgan fingerprint density at radius 3 is 2.76 bits per heavy atom. The topological polar surface area (TPSA) is 99.6 Å². The van der Waals surface area contributed by atoms with Crippen molar-refractivity contribution in [1.29, 1.82) is 0 Å². The SMILES string of the molecule is Cc1nc2ccc(Br)cc2c(=O)n1N=Cc1ccc(OCc2ccccc2Cl)c([N+](=O)[O-])c1. The van der Waals surface area contributed by atoms with E-state index in [0.29, 0.717) is 32.9 Å². The molecule has 1 aromatic heterocycles. The van der Waals surface area contributed by atoms with E-state index in [1.54, 1.807) is 49.4 Å². The van der Waals surface area contributed by atoms with E-state index in [4.69, 9.17) is 16.3 Å². The fourth-order valence-electron chi connectivity index (χ4n) is 3.17. The maximum absolute atomic E-state index is 12.8. The summed E-state index contributed by atoms with van der Waals surface area (Å²) in [5.41, 5.74) is 1.12. The number of aryl methyl sites for hydroxylation is 1. The van der Waals surface area contributed by atoms with Gasteiger partial charge in [-0.2, -0.15) is 9.78 Å². The molecule has 0 radical (unpaired) electrons. The van der Waals surface area contributed by atoms with E-state index in [0.717, 1.165) is 9.15 Å². The third-order valence-electron chi connectivity index (χ3n) is 4.81. The van der Waals surface area contributed by atoms with Crippen molar-refractivity contribution in [1.82, 2.24) is 9.66 Å². The number of aromatic nitrogens is 2. The van der Waals surface area contributed by atoms with Crippen LogP contribution >= 0.6 is 27.5 Å². The molecule has 0 atom stereocenters. The second kappa shape index (κ2) is 9.51. The van der Waals surface area contributed by atoms with Crippen LogP contribution in [-0.4, -0.2) is 20.8 Å². The van der Waals surface area contributed by atoms with Gasteiger partial charge in [0.1, 0.15) is 12.4 Å². The molecule has 1 heterocycles. The van der Waals surface area contributed by atoms with Gasteiger partial charge in [-0.05, 0) is 43.3 Å². The van der Waals surface area contributed by atoms with Crippen LogP contribution in [0, 0.1) is 17.0 Å². The standard InChI is InChI=1S/C23H16BrClN4O4/c1-14-27-20-8-7-17(24)11-18(20)23(30)28(14)26-12-15-6-9-22(21(10-15)29(31)32)33-13-16-4-2-3-5-19(16)25/h2-12H,13H2,1H3. The average molecular weight is 528 g/mol. The molecule has 166 valence electrons. The number of hydrogen-bond donors (Lipinski definition) is 0. The molecule has 0 amide bonds. The first-order valence-corrected chi connectivity index (χ1v) is 10.9. The predicted octanol–water partition coefficient (Wildman–Crippen LogP) is 5.49. The molecule has 0 bridgehead atoms. The summed E-state index contributed by atoms with van der Waals surface area (Å²) in [7, 11) is 0. The van der Waals surface area contributed by atoms with Crippen LogP contribution < -0.4 is 10.3 Å². The van der Waals surface area contributed by atoms with Gasteiger partial charge >= 0.3 is 5.69 Å². The zero-order valence-corrected chi connectivity index (χ0v) is 19.6. The van der Waals surface area contributed by atoms with E-state index in [1.165, 1.54) is 18.3 Å². The molecule has 0 saturated carbocycles. The fourth-order valence-corrected chi connectivity index (χ4v) is 3.72. The van der Waals surface area contributed by atoms with E-state index in [1.807, 2.05) is 6.07 Å². The van der Waals surface area contributed by atoms with Crippen LogP contribution in [0.1, 0.15) is 17.0 Å². The van der Waals surface area contributed by atoms with E-state index < -0.39 is 4.92 Å². The first-order chi connectivity index (χ1) is 15.8. The van der Waals surface area contributed by atoms with Crippen molar-refractivity contribution in [2.45, 2.75) is 13.5 Å². The van der Waals surface area contributed by atoms with Gasteiger partial charge in [-0.1, -0.05) is 45.7 Å². The van der Waals surface area contributed by atoms with Gasteiger partial charge in [0.2, 0.25) is 0 Å². The summed E-state index contributed by atoms with van der Waals surface area (Å²) in [6, 6.07) is 16.8. The van der Waals surface area contributed by atoms with E-state index in [2.05, 4.69) is 26.0 Å². The van der Waals surface area contributed by atoms with Gasteiger partial charge in [-0.3, -0.25) is 14.9 Å². The number of nitro benzene ring substituents is 1. The summed E-state index contributed by atoms with van der Waals surface area (Å²) in [5.74, 6) is 0.489. The highest BCUT2D eigenvalue weighted by molar-refractivity contribution is 9.10. The van der Waals surface area contributed by atoms with Gasteiger partial charge < -0.3 is 4.74 Å². The van der Waals surface area contributed by atoms with Gasteiger partial charge in [0, 0.05) is 26.7 Å². The van der Waals surface area contributed by atoms with Gasteiger partial charge in [0.25, 0.3) is 5.56 Å². The lowest BCUT2D eigenvalue weighted by Gasteiger charge is -2.09. The van der Waals surface area contributed by atoms with Crippen molar-refractivity contribution in [3.8, 4) is 5.75 Å². The Labute approximate surface area is 201 Å². The summed E-state index contributed by atoms with van der Waals surface area (Å²) < 4.78 is 7.54. The third-order valence-corrected chi connectivity index (χ3v) is 5.68. The summed E-state index contributed by atoms with van der Waals surface area (Å²) >= 11 is 9.47. The first kappa shape index (κ1) is 22.6. The molecule has 0 aliphatic carbocycles. The summed E-state index contributed by atoms with van der Waals surface area (Å²) in [6.07, 6.45) is 1.37. The molecule has 4 rings (SSSR count). The Morgan fingerprint density at radius 1 is 1.21 bits per heavy atom. The molecule has 3 aromatic carbocycles. The van der Waals surface area contributed by atoms with Crippen LogP contribution in [0.15, 0.2) is 75.0 Å². The van der Waals surface area contributed by atoms with E-state index >= 15 is 0 Å². The van der Waals surface area contributed by atoms with Crippen LogP contribution in [0.2, 0.25) is 5.02 Å². The van der Waals surface area contributed by atoms with Gasteiger partial charge in [-0.15, -0.1) is 0 Å². The minimum atomic E-state index is -0.536. The predicted molar refractivity (Wildman–Crippen MR) is 130 cm³/mol. The molecule has 0 N–H and O–H groups in total. The maximum Gasteiger partial charge on any atom is 0.311 e. The Morgan fingerprint density at radius 2 is 2.00 bits per heavy atom. The highest BCUT2D eigenvalue weighted by atomic mass is 79.9. The molecular weight excluding hydrogens is 512 g/mol. The van der Waals surface area contributed by atoms with Crippen molar-refractivity contribution in [2.24, 2.45) is 5.10 Å². The lowest BCUT2D eigenvalue weighted by Crippen LogP contribution is -2.20. The van der Waals surface area contributed by atoms with Gasteiger partial charge in [0.05, 0.1) is 22.0 Å². The summed E-state index contributed by atoms with van der Waals surface area (Å²) in [5, 5.41) is 16.7. The number of rotatable bonds is 6. The molecule has 0 aliphatic heterocycles. The number of halogens is 2. The van der Waals surface area contributed by atoms with Crippen LogP contribution in [0.25, 0.3) is 10.9 Å². The number of fused-ring (bicyclic) bond motifs is 1. The summed E-state index contributed by atoms with van der Waals surface area (Å²) in [6.45, 7) is 1.75. The monoisotopic (exact) mass is 526 g/mol. The molecule has 4 aromatic rings. The van der Waals surface area contributed by atoms with Gasteiger partial charge in [-0.25, -0.2) is 4.98 Å². The van der Waals surface area contributed by atoms with Crippen LogP contribution in [-0.2, 0) is 6.61 Å². The normalized spacial score (nSPS) is 11.2. The maximum atomic E-state index is 12.8. The number of nitro groups is 1. The fraction of sp³-hybridized carbons (Fsp3) is 0.0870. The molecule has 0 spiro atoms. The molecule has 0 saturated heterocycles. The minimum absolute atomic E-state index is 0.0842. The molecule has 8 nitrogen and oxygen atoms in total. The lowest BCUT2D eigenvalue weighted by atomic mass is 10.2. The van der Waals surface area contributed by atoms with Crippen molar-refractivity contribution >= 4 is 50.3 Å². The Kier molecular flexibility index (Phi) is 6.52. The average Bonchev–Trinajstić information content (AvgIpc) is 2.79. The summed E-state index contributed by atoms with van der Waals surface area (Å²) in [4.78, 5) is 28.3. The quantitative estimate of drug-likeness (QED) is 0.187. The smallest absolute Gasteiger partial charge is 0.311 e. The second-order valence-electron chi connectivity index (χ2n) is 7.05. The van der Waals surface area contributed by atoms with Crippen LogP contribution in [0.5, 0.6) is 5.75 Å². The minimum Gasteiger partial charge on any atom is -0.482 e. The first-order valence-electron chi connectivity index (χ1n) is 9.71. The zero-order valence-electron chi connectivity index (χ0n) is 17.2. The Hall–Kier alpha value is -3.56. The Bertz CT molecular complexity index is 1470. The van der Waals surface area contributed by atoms with Crippen molar-refractivity contribution in [3.05, 3.63) is 108 Å². The van der Waals surface area contributed by atoms with Gasteiger partial charge in [0.15, 0.2) is 5.75 Å². The van der Waals surface area contributed by atoms with Crippen molar-refractivity contribution in [2.75, 3.05) is 0 Å². The molecule has 0 fully saturated rings. The molecule has 0 unspecified atom stereocenters. The van der Waals surface area contributed by atoms with Crippen molar-refractivity contribution < 1.29 is 9.66 Å². The lowest BCUT2D eigenvalue weighted by molar-refractivity contribution is -0.385.